The van der Waals surface area contributed by atoms with Gasteiger partial charge in [0.25, 0.3) is 0 Å². The topological polar surface area (TPSA) is 93.0 Å². The zero-order valence-corrected chi connectivity index (χ0v) is 19.9. The molecule has 4 rings (SSSR count). The number of nitrogens with zero attached hydrogens (tertiary/aromatic N) is 5. The van der Waals surface area contributed by atoms with Gasteiger partial charge in [-0.2, -0.15) is 4.31 Å². The van der Waals surface area contributed by atoms with Crippen molar-refractivity contribution in [1.29, 1.82) is 0 Å². The van der Waals surface area contributed by atoms with Crippen LogP contribution in [0.15, 0.2) is 40.1 Å². The molecule has 8 nitrogen and oxygen atoms in total. The van der Waals surface area contributed by atoms with Crippen LogP contribution >= 0.6 is 23.1 Å². The van der Waals surface area contributed by atoms with Crippen molar-refractivity contribution in [3.63, 3.8) is 0 Å². The molecule has 3 aromatic rings. The first-order chi connectivity index (χ1) is 15.0. The van der Waals surface area contributed by atoms with Gasteiger partial charge in [-0.3, -0.25) is 0 Å². The Morgan fingerprint density at radius 1 is 1.26 bits per heavy atom. The summed E-state index contributed by atoms with van der Waals surface area (Å²) < 4.78 is 30.7. The highest BCUT2D eigenvalue weighted by Crippen LogP contribution is 2.30. The van der Waals surface area contributed by atoms with E-state index >= 15 is 0 Å². The highest BCUT2D eigenvalue weighted by Gasteiger charge is 2.26. The second-order valence-electron chi connectivity index (χ2n) is 7.22. The SMILES string of the molecule is C=CCNc1nnc(SCc2nc3cc(S(=O)(=O)N4CCCCC4)ccc3n2CC)s1. The molecule has 0 atom stereocenters. The van der Waals surface area contributed by atoms with Gasteiger partial charge in [0.15, 0.2) is 4.34 Å². The molecule has 0 amide bonds. The molecule has 1 saturated heterocycles. The maximum atomic E-state index is 13.0. The van der Waals surface area contributed by atoms with Gasteiger partial charge < -0.3 is 9.88 Å². The molecule has 166 valence electrons. The zero-order valence-electron chi connectivity index (χ0n) is 17.5. The fraction of sp³-hybridized carbons (Fsp3) is 0.450. The van der Waals surface area contributed by atoms with E-state index < -0.39 is 10.0 Å². The van der Waals surface area contributed by atoms with Gasteiger partial charge in [0, 0.05) is 26.2 Å². The third kappa shape index (κ3) is 4.79. The maximum absolute atomic E-state index is 13.0. The largest absolute Gasteiger partial charge is 0.357 e. The quantitative estimate of drug-likeness (QED) is 0.367. The van der Waals surface area contributed by atoms with Gasteiger partial charge in [0.1, 0.15) is 5.82 Å². The van der Waals surface area contributed by atoms with E-state index in [1.54, 1.807) is 34.3 Å². The molecule has 11 heteroatoms. The van der Waals surface area contributed by atoms with Gasteiger partial charge in [0.05, 0.1) is 21.7 Å². The molecule has 0 spiro atoms. The molecule has 1 fully saturated rings. The number of piperidine rings is 1. The predicted molar refractivity (Wildman–Crippen MR) is 126 cm³/mol. The number of thioether (sulfide) groups is 1. The lowest BCUT2D eigenvalue weighted by Crippen LogP contribution is -2.35. The monoisotopic (exact) mass is 478 g/mol. The second-order valence-corrected chi connectivity index (χ2v) is 11.4. The van der Waals surface area contributed by atoms with E-state index in [1.807, 2.05) is 6.07 Å². The third-order valence-corrected chi connectivity index (χ3v) is 9.10. The second kappa shape index (κ2) is 9.68. The zero-order chi connectivity index (χ0) is 21.8. The fourth-order valence-electron chi connectivity index (χ4n) is 3.66. The van der Waals surface area contributed by atoms with Gasteiger partial charge in [-0.15, -0.1) is 16.8 Å². The van der Waals surface area contributed by atoms with Gasteiger partial charge in [-0.1, -0.05) is 35.6 Å². The molecule has 31 heavy (non-hydrogen) atoms. The van der Waals surface area contributed by atoms with E-state index in [4.69, 9.17) is 4.98 Å². The lowest BCUT2D eigenvalue weighted by Gasteiger charge is -2.25. The van der Waals surface area contributed by atoms with Gasteiger partial charge in [-0.05, 0) is 38.0 Å². The number of aromatic nitrogens is 4. The Labute approximate surface area is 190 Å². The fourth-order valence-corrected chi connectivity index (χ4v) is 6.91. The average Bonchev–Trinajstić information content (AvgIpc) is 3.39. The van der Waals surface area contributed by atoms with E-state index in [2.05, 4.69) is 33.6 Å². The molecular weight excluding hydrogens is 452 g/mol. The number of hydrogen-bond donors (Lipinski definition) is 1. The molecule has 3 heterocycles. The minimum atomic E-state index is -3.48. The Balaban J connectivity index is 1.55. The van der Waals surface area contributed by atoms with E-state index in [0.717, 1.165) is 46.6 Å². The standard InChI is InChI=1S/C20H26N6O2S3/c1-3-10-21-19-23-24-20(30-19)29-14-18-22-16-13-15(8-9-17(16)26(18)4-2)31(27,28)25-11-6-5-7-12-25/h3,8-9,13H,1,4-7,10-12,14H2,2H3,(H,21,23). The summed E-state index contributed by atoms with van der Waals surface area (Å²) in [4.78, 5) is 5.08. The lowest BCUT2D eigenvalue weighted by molar-refractivity contribution is 0.346. The predicted octanol–water partition coefficient (Wildman–Crippen LogP) is 3.97. The van der Waals surface area contributed by atoms with Crippen LogP contribution in [0.2, 0.25) is 0 Å². The van der Waals surface area contributed by atoms with Crippen LogP contribution < -0.4 is 5.32 Å². The molecule has 1 N–H and O–H groups in total. The number of aryl methyl sites for hydroxylation is 1. The summed E-state index contributed by atoms with van der Waals surface area (Å²) in [6.45, 7) is 8.34. The minimum absolute atomic E-state index is 0.323. The Hall–Kier alpha value is -1.95. The summed E-state index contributed by atoms with van der Waals surface area (Å²) in [5.74, 6) is 1.53. The molecular formula is C20H26N6O2S3. The van der Waals surface area contributed by atoms with Gasteiger partial charge in [-0.25, -0.2) is 13.4 Å². The Morgan fingerprint density at radius 3 is 2.81 bits per heavy atom. The van der Waals surface area contributed by atoms with Crippen LogP contribution in [0.3, 0.4) is 0 Å². The molecule has 0 radical (unpaired) electrons. The van der Waals surface area contributed by atoms with Gasteiger partial charge >= 0.3 is 0 Å². The van der Waals surface area contributed by atoms with Crippen LogP contribution in [0.4, 0.5) is 5.13 Å². The Morgan fingerprint density at radius 2 is 2.06 bits per heavy atom. The number of rotatable bonds is 9. The molecule has 0 aliphatic carbocycles. The number of benzene rings is 1. The highest BCUT2D eigenvalue weighted by atomic mass is 32.2. The number of nitrogens with one attached hydrogen (secondary N) is 1. The summed E-state index contributed by atoms with van der Waals surface area (Å²) in [6, 6.07) is 5.29. The van der Waals surface area contributed by atoms with E-state index in [-0.39, 0.29) is 0 Å². The first kappa shape index (κ1) is 22.3. The Bertz CT molecular complexity index is 1170. The summed E-state index contributed by atoms with van der Waals surface area (Å²) >= 11 is 3.07. The normalized spacial score (nSPS) is 15.4. The van der Waals surface area contributed by atoms with Crippen molar-refractivity contribution in [3.8, 4) is 0 Å². The molecule has 1 aliphatic heterocycles. The molecule has 1 aromatic carbocycles. The van der Waals surface area contributed by atoms with Crippen LogP contribution in [0.5, 0.6) is 0 Å². The third-order valence-electron chi connectivity index (χ3n) is 5.20. The average molecular weight is 479 g/mol. The molecule has 1 aliphatic rings. The van der Waals surface area contributed by atoms with E-state index in [1.165, 1.54) is 11.3 Å². The number of anilines is 1. The van der Waals surface area contributed by atoms with E-state index in [9.17, 15) is 8.42 Å². The summed E-state index contributed by atoms with van der Waals surface area (Å²) in [6.07, 6.45) is 4.71. The van der Waals surface area contributed by atoms with Crippen molar-refractivity contribution in [2.75, 3.05) is 25.0 Å². The first-order valence-electron chi connectivity index (χ1n) is 10.3. The molecule has 0 saturated carbocycles. The van der Waals surface area contributed by atoms with Crippen molar-refractivity contribution in [2.24, 2.45) is 0 Å². The van der Waals surface area contributed by atoms with Gasteiger partial charge in [0.2, 0.25) is 15.2 Å². The number of fused-ring (bicyclic) bond motifs is 1. The van der Waals surface area contributed by atoms with Crippen LogP contribution in [0.25, 0.3) is 11.0 Å². The van der Waals surface area contributed by atoms with Crippen molar-refractivity contribution >= 4 is 49.3 Å². The number of imidazole rings is 1. The summed E-state index contributed by atoms with van der Waals surface area (Å²) in [5, 5.41) is 12.2. The van der Waals surface area contributed by atoms with Crippen molar-refractivity contribution in [1.82, 2.24) is 24.1 Å². The summed E-state index contributed by atoms with van der Waals surface area (Å²) in [7, 11) is -3.48. The van der Waals surface area contributed by atoms with Crippen LogP contribution in [0.1, 0.15) is 32.0 Å². The molecule has 2 aromatic heterocycles. The molecule has 0 bridgehead atoms. The highest BCUT2D eigenvalue weighted by molar-refractivity contribution is 8.00. The van der Waals surface area contributed by atoms with E-state index in [0.29, 0.717) is 35.8 Å². The maximum Gasteiger partial charge on any atom is 0.243 e. The van der Waals surface area contributed by atoms with Crippen LogP contribution in [-0.4, -0.2) is 52.1 Å². The summed E-state index contributed by atoms with van der Waals surface area (Å²) in [5.41, 5.74) is 1.66. The lowest BCUT2D eigenvalue weighted by atomic mass is 10.2. The number of sulfonamides is 1. The Kier molecular flexibility index (Phi) is 6.95. The van der Waals surface area contributed by atoms with Crippen LogP contribution in [0, 0.1) is 0 Å². The smallest absolute Gasteiger partial charge is 0.243 e. The van der Waals surface area contributed by atoms with Crippen molar-refractivity contribution in [2.45, 2.75) is 47.7 Å². The van der Waals surface area contributed by atoms with Crippen molar-refractivity contribution < 1.29 is 8.42 Å². The molecule has 0 unspecified atom stereocenters. The first-order valence-corrected chi connectivity index (χ1v) is 13.6. The van der Waals surface area contributed by atoms with Crippen LogP contribution in [-0.2, 0) is 22.3 Å². The minimum Gasteiger partial charge on any atom is -0.357 e. The van der Waals surface area contributed by atoms with Crippen molar-refractivity contribution in [3.05, 3.63) is 36.7 Å². The number of hydrogen-bond acceptors (Lipinski definition) is 8.